The van der Waals surface area contributed by atoms with E-state index in [9.17, 15) is 9.82 Å². The minimum atomic E-state index is -0.428. The Morgan fingerprint density at radius 3 is 2.78 bits per heavy atom. The molecule has 5 heteroatoms. The summed E-state index contributed by atoms with van der Waals surface area (Å²) in [7, 11) is 0. The fourth-order valence-electron chi connectivity index (χ4n) is 3.37. The number of hydrogen-bond donors (Lipinski definition) is 2. The van der Waals surface area contributed by atoms with Crippen molar-refractivity contribution < 1.29 is 9.82 Å². The van der Waals surface area contributed by atoms with Crippen molar-refractivity contribution in [1.29, 1.82) is 0 Å². The van der Waals surface area contributed by atoms with Crippen LogP contribution in [-0.4, -0.2) is 47.8 Å². The summed E-state index contributed by atoms with van der Waals surface area (Å²) in [6.07, 6.45) is 4.16. The molecule has 0 radical (unpaired) electrons. The summed E-state index contributed by atoms with van der Waals surface area (Å²) in [6, 6.07) is -0.0920. The van der Waals surface area contributed by atoms with Gasteiger partial charge in [-0.3, -0.25) is 4.79 Å². The quantitative estimate of drug-likeness (QED) is 0.718. The number of amides is 1. The van der Waals surface area contributed by atoms with E-state index in [1.807, 2.05) is 4.90 Å². The molecule has 0 aromatic carbocycles. The molecule has 2 heterocycles. The van der Waals surface area contributed by atoms with E-state index < -0.39 is 6.92 Å². The zero-order chi connectivity index (χ0) is 13.3. The monoisotopic (exact) mass is 252 g/mol. The molecule has 0 spiro atoms. The lowest BCUT2D eigenvalue weighted by atomic mass is 9.62. The summed E-state index contributed by atoms with van der Waals surface area (Å²) in [5, 5.41) is 13.2. The molecule has 1 amide bonds. The maximum absolute atomic E-state index is 12.7. The Morgan fingerprint density at radius 1 is 1.44 bits per heavy atom. The molecule has 2 N–H and O–H groups in total. The maximum atomic E-state index is 12.7. The van der Waals surface area contributed by atoms with E-state index >= 15 is 0 Å². The fraction of sp³-hybridized carbons (Fsp3) is 0.923. The Morgan fingerprint density at radius 2 is 2.17 bits per heavy atom. The minimum Gasteiger partial charge on any atom is -0.449 e. The second kappa shape index (κ2) is 5.21. The zero-order valence-electron chi connectivity index (χ0n) is 11.8. The van der Waals surface area contributed by atoms with Crippen molar-refractivity contribution >= 4 is 12.8 Å². The fourth-order valence-corrected chi connectivity index (χ4v) is 3.37. The van der Waals surface area contributed by atoms with E-state index in [-0.39, 0.29) is 23.3 Å². The molecule has 18 heavy (non-hydrogen) atoms. The van der Waals surface area contributed by atoms with Crippen molar-refractivity contribution in [3.63, 3.8) is 0 Å². The third-order valence-electron chi connectivity index (χ3n) is 4.51. The Kier molecular flexibility index (Phi) is 4.02. The number of carbonyl (C=O) groups is 1. The van der Waals surface area contributed by atoms with E-state index in [2.05, 4.69) is 19.2 Å². The van der Waals surface area contributed by atoms with Gasteiger partial charge < -0.3 is 15.2 Å². The molecule has 0 aromatic heterocycles. The van der Waals surface area contributed by atoms with Crippen molar-refractivity contribution in [3.8, 4) is 0 Å². The molecular formula is C13H25BN2O2. The normalized spacial score (nSPS) is 31.4. The van der Waals surface area contributed by atoms with Gasteiger partial charge in [-0.05, 0) is 37.6 Å². The summed E-state index contributed by atoms with van der Waals surface area (Å²) in [4.78, 5) is 14.6. The van der Waals surface area contributed by atoms with Crippen molar-refractivity contribution in [3.05, 3.63) is 0 Å². The Hall–Kier alpha value is -0.545. The first-order valence-electron chi connectivity index (χ1n) is 7.15. The maximum Gasteiger partial charge on any atom is 0.309 e. The second-order valence-corrected chi connectivity index (χ2v) is 6.46. The van der Waals surface area contributed by atoms with E-state index in [1.165, 1.54) is 0 Å². The molecule has 102 valence electrons. The zero-order valence-corrected chi connectivity index (χ0v) is 11.8. The number of hydrogen-bond acceptors (Lipinski definition) is 3. The molecule has 0 aliphatic carbocycles. The predicted octanol–water partition coefficient (Wildman–Crippen LogP) is 0.908. The molecule has 2 unspecified atom stereocenters. The van der Waals surface area contributed by atoms with Crippen LogP contribution in [0.5, 0.6) is 0 Å². The topological polar surface area (TPSA) is 52.6 Å². The van der Waals surface area contributed by atoms with Crippen molar-refractivity contribution in [2.24, 2.45) is 5.41 Å². The number of piperidine rings is 1. The third kappa shape index (κ3) is 2.57. The van der Waals surface area contributed by atoms with Crippen LogP contribution in [0, 0.1) is 5.41 Å². The number of rotatable bonds is 2. The molecule has 2 fully saturated rings. The van der Waals surface area contributed by atoms with Crippen LogP contribution in [-0.2, 0) is 4.79 Å². The molecular weight excluding hydrogens is 227 g/mol. The number of nitrogens with one attached hydrogen (secondary N) is 1. The van der Waals surface area contributed by atoms with Gasteiger partial charge in [0, 0.05) is 12.5 Å². The van der Waals surface area contributed by atoms with Gasteiger partial charge in [0.2, 0.25) is 5.91 Å². The van der Waals surface area contributed by atoms with Gasteiger partial charge in [0.25, 0.3) is 0 Å². The van der Waals surface area contributed by atoms with Crippen molar-refractivity contribution in [2.45, 2.75) is 58.3 Å². The van der Waals surface area contributed by atoms with Crippen LogP contribution in [0.3, 0.4) is 0 Å². The van der Waals surface area contributed by atoms with Gasteiger partial charge >= 0.3 is 6.92 Å². The van der Waals surface area contributed by atoms with Gasteiger partial charge in [-0.1, -0.05) is 20.7 Å². The Bertz CT molecular complexity index is 320. The van der Waals surface area contributed by atoms with E-state index in [0.29, 0.717) is 0 Å². The predicted molar refractivity (Wildman–Crippen MR) is 73.4 cm³/mol. The summed E-state index contributed by atoms with van der Waals surface area (Å²) in [6.45, 7) is 7.40. The third-order valence-corrected chi connectivity index (χ3v) is 4.51. The van der Waals surface area contributed by atoms with Crippen LogP contribution in [0.2, 0.25) is 6.82 Å². The first-order chi connectivity index (χ1) is 8.43. The van der Waals surface area contributed by atoms with E-state index in [0.717, 1.165) is 38.8 Å². The van der Waals surface area contributed by atoms with E-state index in [1.54, 1.807) is 6.82 Å². The largest absolute Gasteiger partial charge is 0.449 e. The van der Waals surface area contributed by atoms with Gasteiger partial charge in [0.05, 0.1) is 6.04 Å². The molecule has 2 aliphatic heterocycles. The number of likely N-dealkylation sites (tertiary alicyclic amines) is 1. The Labute approximate surface area is 110 Å². The minimum absolute atomic E-state index is 0.0111. The lowest BCUT2D eigenvalue weighted by Gasteiger charge is -2.41. The second-order valence-electron chi connectivity index (χ2n) is 6.46. The Balaban J connectivity index is 2.10. The van der Waals surface area contributed by atoms with Crippen LogP contribution in [0.15, 0.2) is 0 Å². The molecule has 2 atom stereocenters. The highest BCUT2D eigenvalue weighted by Crippen LogP contribution is 2.32. The summed E-state index contributed by atoms with van der Waals surface area (Å²) < 4.78 is 0. The van der Waals surface area contributed by atoms with Crippen molar-refractivity contribution in [1.82, 2.24) is 10.2 Å². The smallest absolute Gasteiger partial charge is 0.309 e. The highest BCUT2D eigenvalue weighted by molar-refractivity contribution is 6.51. The number of nitrogens with zero attached hydrogens (tertiary/aromatic N) is 1. The summed E-state index contributed by atoms with van der Waals surface area (Å²) in [5.74, 6) is 0.195. The van der Waals surface area contributed by atoms with Crippen LogP contribution >= 0.6 is 0 Å². The lowest BCUT2D eigenvalue weighted by Crippen LogP contribution is -2.58. The first kappa shape index (κ1) is 13.9. The van der Waals surface area contributed by atoms with Crippen molar-refractivity contribution in [2.75, 3.05) is 13.1 Å². The first-order valence-corrected chi connectivity index (χ1v) is 7.15. The summed E-state index contributed by atoms with van der Waals surface area (Å²) in [5.41, 5.74) is 0.0150. The molecule has 2 rings (SSSR count). The SMILES string of the molecule is CB(O)C1CCCN1C(=O)C1NCCCC1(C)C. The van der Waals surface area contributed by atoms with Gasteiger partial charge in [0.15, 0.2) is 0 Å². The standard InChI is InChI=1S/C13H25BN2O2/c1-13(2)7-5-8-15-11(13)12(17)16-9-4-6-10(16)14(3)18/h10-11,15,18H,4-9H2,1-3H3. The van der Waals surface area contributed by atoms with Gasteiger partial charge in [-0.2, -0.15) is 0 Å². The molecule has 0 bridgehead atoms. The molecule has 2 saturated heterocycles. The lowest BCUT2D eigenvalue weighted by molar-refractivity contribution is -0.137. The molecule has 2 aliphatic rings. The van der Waals surface area contributed by atoms with Crippen LogP contribution in [0.25, 0.3) is 0 Å². The van der Waals surface area contributed by atoms with Gasteiger partial charge in [-0.15, -0.1) is 0 Å². The van der Waals surface area contributed by atoms with E-state index in [4.69, 9.17) is 0 Å². The van der Waals surface area contributed by atoms with Gasteiger partial charge in [-0.25, -0.2) is 0 Å². The van der Waals surface area contributed by atoms with Crippen LogP contribution < -0.4 is 5.32 Å². The molecule has 0 aromatic rings. The summed E-state index contributed by atoms with van der Waals surface area (Å²) >= 11 is 0. The molecule has 0 saturated carbocycles. The van der Waals surface area contributed by atoms with Crippen LogP contribution in [0.4, 0.5) is 0 Å². The number of carbonyl (C=O) groups excluding carboxylic acids is 1. The highest BCUT2D eigenvalue weighted by atomic mass is 16.2. The molecule has 4 nitrogen and oxygen atoms in total. The highest BCUT2D eigenvalue weighted by Gasteiger charge is 2.43. The average Bonchev–Trinajstić information content (AvgIpc) is 2.76. The van der Waals surface area contributed by atoms with Gasteiger partial charge in [0.1, 0.15) is 0 Å². The average molecular weight is 252 g/mol. The van der Waals surface area contributed by atoms with Crippen LogP contribution in [0.1, 0.15) is 39.5 Å².